The molecule has 25 heavy (non-hydrogen) atoms. The maximum Gasteiger partial charge on any atom is 0.347 e. The molecular formula is C17H8O8. The molecule has 0 radical (unpaired) electrons. The van der Waals surface area contributed by atoms with E-state index in [-0.39, 0.29) is 29.0 Å². The number of hydrogen-bond donors (Lipinski definition) is 0. The Kier molecular flexibility index (Phi) is 3.24. The van der Waals surface area contributed by atoms with Crippen LogP contribution in [0.5, 0.6) is 11.5 Å². The predicted molar refractivity (Wildman–Crippen MR) is 78.5 cm³/mol. The monoisotopic (exact) mass is 340 g/mol. The zero-order valence-electron chi connectivity index (χ0n) is 12.4. The van der Waals surface area contributed by atoms with E-state index in [2.05, 4.69) is 9.47 Å². The van der Waals surface area contributed by atoms with Gasteiger partial charge in [-0.25, -0.2) is 19.2 Å². The van der Waals surface area contributed by atoms with Crippen molar-refractivity contribution in [2.24, 2.45) is 0 Å². The summed E-state index contributed by atoms with van der Waals surface area (Å²) < 4.78 is 19.7. The van der Waals surface area contributed by atoms with Gasteiger partial charge in [0.2, 0.25) is 6.79 Å². The SMILES string of the molecule is O=C1OC(=O)c2cc(OCOc3ccc4c(c3)C(=O)OC4=O)ccc21. The lowest BCUT2D eigenvalue weighted by Crippen LogP contribution is -2.07. The summed E-state index contributed by atoms with van der Waals surface area (Å²) in [5.41, 5.74) is 0.614. The van der Waals surface area contributed by atoms with Crippen molar-refractivity contribution in [3.8, 4) is 11.5 Å². The lowest BCUT2D eigenvalue weighted by atomic mass is 10.1. The second-order valence-electron chi connectivity index (χ2n) is 5.18. The van der Waals surface area contributed by atoms with Gasteiger partial charge in [0.15, 0.2) is 0 Å². The Bertz CT molecular complexity index is 882. The molecule has 0 fully saturated rings. The summed E-state index contributed by atoms with van der Waals surface area (Å²) in [7, 11) is 0. The number of hydrogen-bond acceptors (Lipinski definition) is 8. The highest BCUT2D eigenvalue weighted by molar-refractivity contribution is 6.15. The summed E-state index contributed by atoms with van der Waals surface area (Å²) in [6, 6.07) is 8.61. The second kappa shape index (κ2) is 5.45. The first-order valence-electron chi connectivity index (χ1n) is 7.09. The first kappa shape index (κ1) is 14.9. The van der Waals surface area contributed by atoms with E-state index >= 15 is 0 Å². The first-order chi connectivity index (χ1) is 12.0. The van der Waals surface area contributed by atoms with E-state index in [0.717, 1.165) is 0 Å². The van der Waals surface area contributed by atoms with E-state index in [4.69, 9.17) is 9.47 Å². The summed E-state index contributed by atoms with van der Waals surface area (Å²) in [5, 5.41) is 0. The van der Waals surface area contributed by atoms with Gasteiger partial charge < -0.3 is 18.9 Å². The fourth-order valence-corrected chi connectivity index (χ4v) is 2.47. The van der Waals surface area contributed by atoms with Crippen LogP contribution in [0.3, 0.4) is 0 Å². The zero-order chi connectivity index (χ0) is 17.6. The van der Waals surface area contributed by atoms with Gasteiger partial charge in [0.1, 0.15) is 11.5 Å². The number of carbonyl (C=O) groups excluding carboxylic acids is 4. The average molecular weight is 340 g/mol. The first-order valence-corrected chi connectivity index (χ1v) is 7.09. The highest BCUT2D eigenvalue weighted by Crippen LogP contribution is 2.26. The van der Waals surface area contributed by atoms with Crippen LogP contribution in [0.1, 0.15) is 41.4 Å². The third-order valence-corrected chi connectivity index (χ3v) is 3.68. The molecule has 8 nitrogen and oxygen atoms in total. The van der Waals surface area contributed by atoms with E-state index in [1.54, 1.807) is 0 Å². The van der Waals surface area contributed by atoms with Gasteiger partial charge in [0.25, 0.3) is 0 Å². The Morgan fingerprint density at radius 1 is 0.600 bits per heavy atom. The number of esters is 4. The van der Waals surface area contributed by atoms with Crippen LogP contribution in [0, 0.1) is 0 Å². The maximum atomic E-state index is 11.5. The molecule has 0 aromatic heterocycles. The third-order valence-electron chi connectivity index (χ3n) is 3.68. The van der Waals surface area contributed by atoms with Crippen LogP contribution in [-0.4, -0.2) is 30.7 Å². The quantitative estimate of drug-likeness (QED) is 0.471. The van der Waals surface area contributed by atoms with Crippen molar-refractivity contribution in [2.45, 2.75) is 0 Å². The molecule has 2 aliphatic heterocycles. The molecular weight excluding hydrogens is 332 g/mol. The fourth-order valence-electron chi connectivity index (χ4n) is 2.47. The minimum Gasteiger partial charge on any atom is -0.457 e. The molecule has 0 spiro atoms. The van der Waals surface area contributed by atoms with Crippen molar-refractivity contribution in [3.05, 3.63) is 58.7 Å². The largest absolute Gasteiger partial charge is 0.457 e. The second-order valence-corrected chi connectivity index (χ2v) is 5.18. The zero-order valence-corrected chi connectivity index (χ0v) is 12.4. The van der Waals surface area contributed by atoms with Crippen molar-refractivity contribution < 1.29 is 38.1 Å². The molecule has 0 amide bonds. The van der Waals surface area contributed by atoms with Crippen molar-refractivity contribution >= 4 is 23.9 Å². The summed E-state index contributed by atoms with van der Waals surface area (Å²) >= 11 is 0. The Balaban J connectivity index is 1.44. The van der Waals surface area contributed by atoms with Gasteiger partial charge in [0, 0.05) is 0 Å². The molecule has 4 rings (SSSR count). The van der Waals surface area contributed by atoms with E-state index in [9.17, 15) is 19.2 Å². The van der Waals surface area contributed by atoms with Crippen LogP contribution in [-0.2, 0) is 9.47 Å². The van der Waals surface area contributed by atoms with Crippen LogP contribution < -0.4 is 9.47 Å². The van der Waals surface area contributed by atoms with E-state index in [1.165, 1.54) is 36.4 Å². The Morgan fingerprint density at radius 2 is 1.00 bits per heavy atom. The lowest BCUT2D eigenvalue weighted by Gasteiger charge is -2.09. The fraction of sp³-hybridized carbons (Fsp3) is 0.0588. The minimum absolute atomic E-state index is 0.126. The van der Waals surface area contributed by atoms with E-state index in [0.29, 0.717) is 11.5 Å². The number of rotatable bonds is 4. The minimum atomic E-state index is -0.729. The molecule has 0 saturated heterocycles. The van der Waals surface area contributed by atoms with Gasteiger partial charge in [0.05, 0.1) is 22.3 Å². The van der Waals surface area contributed by atoms with Crippen molar-refractivity contribution in [3.63, 3.8) is 0 Å². The highest BCUT2D eigenvalue weighted by atomic mass is 16.7. The Labute approximate surface area is 139 Å². The number of carbonyl (C=O) groups is 4. The third kappa shape index (κ3) is 2.49. The molecule has 0 bridgehead atoms. The number of cyclic esters (lactones) is 4. The van der Waals surface area contributed by atoms with Crippen molar-refractivity contribution in [2.75, 3.05) is 6.79 Å². The molecule has 0 saturated carbocycles. The van der Waals surface area contributed by atoms with E-state index in [1.807, 2.05) is 0 Å². The smallest absolute Gasteiger partial charge is 0.347 e. The van der Waals surface area contributed by atoms with Gasteiger partial charge in [-0.3, -0.25) is 0 Å². The molecule has 0 aliphatic carbocycles. The molecule has 0 N–H and O–H groups in total. The molecule has 0 atom stereocenters. The summed E-state index contributed by atoms with van der Waals surface area (Å²) in [6.45, 7) is -0.219. The standard InChI is InChI=1S/C17H8O8/c18-14-10-3-1-8(5-12(10)16(20)24-14)22-7-23-9-2-4-11-13(6-9)17(21)25-15(11)19/h1-6H,7H2. The Hall–Kier alpha value is -3.68. The van der Waals surface area contributed by atoms with Crippen molar-refractivity contribution in [1.82, 2.24) is 0 Å². The molecule has 2 aliphatic rings. The maximum absolute atomic E-state index is 11.5. The molecule has 2 aromatic carbocycles. The van der Waals surface area contributed by atoms with E-state index < -0.39 is 23.9 Å². The molecule has 2 aromatic rings. The number of benzene rings is 2. The normalized spacial score (nSPS) is 14.7. The average Bonchev–Trinajstić information content (AvgIpc) is 3.04. The van der Waals surface area contributed by atoms with Crippen LogP contribution in [0.4, 0.5) is 0 Å². The summed E-state index contributed by atoms with van der Waals surface area (Å²) in [4.78, 5) is 45.7. The van der Waals surface area contributed by atoms with Crippen LogP contribution in [0.25, 0.3) is 0 Å². The molecule has 8 heteroatoms. The van der Waals surface area contributed by atoms with Gasteiger partial charge in [-0.15, -0.1) is 0 Å². The van der Waals surface area contributed by atoms with Gasteiger partial charge in [-0.2, -0.15) is 0 Å². The predicted octanol–water partition coefficient (Wildman–Crippen LogP) is 1.72. The summed E-state index contributed by atoms with van der Waals surface area (Å²) in [6.07, 6.45) is 0. The van der Waals surface area contributed by atoms with Gasteiger partial charge in [-0.1, -0.05) is 0 Å². The topological polar surface area (TPSA) is 105 Å². The van der Waals surface area contributed by atoms with Crippen LogP contribution in [0.2, 0.25) is 0 Å². The number of ether oxygens (including phenoxy) is 4. The number of fused-ring (bicyclic) bond motifs is 2. The highest BCUT2D eigenvalue weighted by Gasteiger charge is 2.31. The van der Waals surface area contributed by atoms with Crippen molar-refractivity contribution in [1.29, 1.82) is 0 Å². The lowest BCUT2D eigenvalue weighted by molar-refractivity contribution is 0.0425. The van der Waals surface area contributed by atoms with Gasteiger partial charge in [-0.05, 0) is 36.4 Å². The van der Waals surface area contributed by atoms with Crippen LogP contribution >= 0.6 is 0 Å². The summed E-state index contributed by atoms with van der Waals surface area (Å²) in [5.74, 6) is -2.23. The molecule has 2 heterocycles. The molecule has 0 unspecified atom stereocenters. The Morgan fingerprint density at radius 3 is 1.44 bits per heavy atom. The van der Waals surface area contributed by atoms with Gasteiger partial charge >= 0.3 is 23.9 Å². The molecule has 124 valence electrons. The van der Waals surface area contributed by atoms with Crippen LogP contribution in [0.15, 0.2) is 36.4 Å².